The first-order valence-electron chi connectivity index (χ1n) is 9.88. The summed E-state index contributed by atoms with van der Waals surface area (Å²) in [5.41, 5.74) is -1.53. The highest BCUT2D eigenvalue weighted by molar-refractivity contribution is 5.15. The fraction of sp³-hybridized carbons (Fsp3) is 1.00. The van der Waals surface area contributed by atoms with Gasteiger partial charge in [0.15, 0.2) is 0 Å². The summed E-state index contributed by atoms with van der Waals surface area (Å²) in [5, 5.41) is 0. The van der Waals surface area contributed by atoms with Gasteiger partial charge in [0.25, 0.3) is 0 Å². The third kappa shape index (κ3) is 6.14. The SMILES string of the molecule is FC(F)(F)COCC1(COCCC(F)(F)C(F)(F)C(F)(F)C(F)(F)C(F)(F)C(F)(F)C(F)(F)C(F)(F)F)COC1. The Balaban J connectivity index is 3.09. The smallest absolute Gasteiger partial charge is 0.380 e. The molecule has 3 nitrogen and oxygen atoms in total. The van der Waals surface area contributed by atoms with Gasteiger partial charge in [-0.1, -0.05) is 0 Å². The maximum atomic E-state index is 13.8. The normalized spacial score (nSPS) is 18.6. The van der Waals surface area contributed by atoms with E-state index < -0.39 is 105 Å². The Kier molecular flexibility index (Phi) is 9.71. The third-order valence-electron chi connectivity index (χ3n) is 5.25. The monoisotopic (exact) mass is 646 g/mol. The maximum absolute atomic E-state index is 13.8. The summed E-state index contributed by atoms with van der Waals surface area (Å²) in [6.07, 6.45) is -15.5. The Morgan fingerprint density at radius 3 is 1.23 bits per heavy atom. The number of ether oxygens (including phenoxy) is 3. The first-order chi connectivity index (χ1) is 17.4. The molecule has 1 aliphatic heterocycles. The molecule has 0 saturated carbocycles. The van der Waals surface area contributed by atoms with Crippen LogP contribution < -0.4 is 0 Å². The molecule has 0 aromatic heterocycles. The average Bonchev–Trinajstić information content (AvgIpc) is 2.71. The molecule has 0 aromatic carbocycles. The van der Waals surface area contributed by atoms with Crippen LogP contribution in [0, 0.1) is 5.41 Å². The van der Waals surface area contributed by atoms with E-state index in [1.54, 1.807) is 0 Å². The summed E-state index contributed by atoms with van der Waals surface area (Å²) in [5.74, 6) is -57.1. The van der Waals surface area contributed by atoms with Gasteiger partial charge >= 0.3 is 53.8 Å². The minimum Gasteiger partial charge on any atom is -0.380 e. The largest absolute Gasteiger partial charge is 0.460 e. The molecule has 1 heterocycles. The van der Waals surface area contributed by atoms with Gasteiger partial charge < -0.3 is 14.2 Å². The quantitative estimate of drug-likeness (QED) is 0.150. The lowest BCUT2D eigenvalue weighted by atomic mass is 9.88. The standard InChI is InChI=1S/C17H14F20O3/c18-9(19,1-2-38-3-8(4-39-5-8)6-40-7-10(20,21)22)11(23,24)12(25,26)13(27,28)14(29,30)15(31,32)16(33,34)17(35,36)37/h1-7H2. The molecule has 1 fully saturated rings. The molecular weight excluding hydrogens is 632 g/mol. The second-order valence-electron chi connectivity index (χ2n) is 8.55. The van der Waals surface area contributed by atoms with Gasteiger partial charge in [-0.3, -0.25) is 0 Å². The van der Waals surface area contributed by atoms with E-state index in [2.05, 4.69) is 14.2 Å². The van der Waals surface area contributed by atoms with Crippen LogP contribution in [0.5, 0.6) is 0 Å². The molecule has 240 valence electrons. The predicted molar refractivity (Wildman–Crippen MR) is 86.2 cm³/mol. The highest BCUT2D eigenvalue weighted by Crippen LogP contribution is 2.64. The highest BCUT2D eigenvalue weighted by atomic mass is 19.4. The van der Waals surface area contributed by atoms with Crippen LogP contribution in [-0.4, -0.2) is 93.5 Å². The molecule has 40 heavy (non-hydrogen) atoms. The Labute approximate surface area is 208 Å². The van der Waals surface area contributed by atoms with Crippen molar-refractivity contribution in [1.82, 2.24) is 0 Å². The molecule has 23 heteroatoms. The van der Waals surface area contributed by atoms with E-state index in [1.165, 1.54) is 0 Å². The van der Waals surface area contributed by atoms with Gasteiger partial charge in [0.2, 0.25) is 0 Å². The molecule has 0 N–H and O–H groups in total. The minimum atomic E-state index is -8.72. The second kappa shape index (κ2) is 10.6. The molecule has 1 saturated heterocycles. The van der Waals surface area contributed by atoms with Crippen LogP contribution in [0.25, 0.3) is 0 Å². The molecule has 0 amide bonds. The summed E-state index contributed by atoms with van der Waals surface area (Å²) in [6.45, 7) is -6.49. The van der Waals surface area contributed by atoms with Gasteiger partial charge in [-0.15, -0.1) is 0 Å². The zero-order chi connectivity index (χ0) is 32.1. The van der Waals surface area contributed by atoms with Crippen molar-refractivity contribution in [3.05, 3.63) is 0 Å². The average molecular weight is 646 g/mol. The van der Waals surface area contributed by atoms with Gasteiger partial charge in [-0.05, 0) is 0 Å². The Morgan fingerprint density at radius 1 is 0.500 bits per heavy atom. The molecule has 1 rings (SSSR count). The molecule has 0 atom stereocenters. The van der Waals surface area contributed by atoms with Crippen molar-refractivity contribution < 1.29 is 102 Å². The Bertz CT molecular complexity index is 857. The van der Waals surface area contributed by atoms with Gasteiger partial charge in [-0.25, -0.2) is 0 Å². The van der Waals surface area contributed by atoms with E-state index in [1.807, 2.05) is 0 Å². The number of hydrogen-bond acceptors (Lipinski definition) is 3. The lowest BCUT2D eigenvalue weighted by Crippen LogP contribution is -2.74. The van der Waals surface area contributed by atoms with E-state index >= 15 is 0 Å². The fourth-order valence-electron chi connectivity index (χ4n) is 2.82. The van der Waals surface area contributed by atoms with Crippen LogP contribution in [0.1, 0.15) is 6.42 Å². The van der Waals surface area contributed by atoms with Crippen LogP contribution in [0.4, 0.5) is 87.8 Å². The highest BCUT2D eigenvalue weighted by Gasteiger charge is 2.95. The van der Waals surface area contributed by atoms with E-state index in [4.69, 9.17) is 0 Å². The summed E-state index contributed by atoms with van der Waals surface area (Å²) >= 11 is 0. The van der Waals surface area contributed by atoms with Gasteiger partial charge in [0.05, 0.1) is 38.4 Å². The molecule has 0 spiro atoms. The van der Waals surface area contributed by atoms with E-state index in [0.717, 1.165) is 0 Å². The van der Waals surface area contributed by atoms with Crippen molar-refractivity contribution >= 4 is 0 Å². The molecule has 0 unspecified atom stereocenters. The first kappa shape index (κ1) is 36.5. The molecular formula is C17H14F20O3. The maximum Gasteiger partial charge on any atom is 0.460 e. The number of hydrogen-bond donors (Lipinski definition) is 0. The van der Waals surface area contributed by atoms with Crippen LogP contribution in [0.2, 0.25) is 0 Å². The Hall–Kier alpha value is -1.52. The van der Waals surface area contributed by atoms with Crippen molar-refractivity contribution in [2.24, 2.45) is 5.41 Å². The van der Waals surface area contributed by atoms with Crippen molar-refractivity contribution in [3.63, 3.8) is 0 Å². The topological polar surface area (TPSA) is 27.7 Å². The predicted octanol–water partition coefficient (Wildman–Crippen LogP) is 7.00. The molecule has 1 aliphatic rings. The van der Waals surface area contributed by atoms with Crippen LogP contribution in [0.3, 0.4) is 0 Å². The second-order valence-corrected chi connectivity index (χ2v) is 8.55. The zero-order valence-electron chi connectivity index (χ0n) is 18.7. The van der Waals surface area contributed by atoms with Crippen molar-refractivity contribution in [3.8, 4) is 0 Å². The summed E-state index contributed by atoms with van der Waals surface area (Å²) in [6, 6.07) is 0. The first-order valence-corrected chi connectivity index (χ1v) is 9.88. The number of halogens is 20. The van der Waals surface area contributed by atoms with Gasteiger partial charge in [0, 0.05) is 6.42 Å². The van der Waals surface area contributed by atoms with Crippen LogP contribution in [-0.2, 0) is 14.2 Å². The van der Waals surface area contributed by atoms with Crippen molar-refractivity contribution in [2.45, 2.75) is 60.2 Å². The molecule has 0 aliphatic carbocycles. The number of alkyl halides is 20. The van der Waals surface area contributed by atoms with Crippen LogP contribution in [0.15, 0.2) is 0 Å². The van der Waals surface area contributed by atoms with Crippen molar-refractivity contribution in [1.29, 1.82) is 0 Å². The fourth-order valence-corrected chi connectivity index (χ4v) is 2.82. The van der Waals surface area contributed by atoms with E-state index in [-0.39, 0.29) is 0 Å². The lowest BCUT2D eigenvalue weighted by molar-refractivity contribution is -0.462. The van der Waals surface area contributed by atoms with Crippen LogP contribution >= 0.6 is 0 Å². The minimum absolute atomic E-state index is 0.479. The van der Waals surface area contributed by atoms with E-state index in [9.17, 15) is 87.8 Å². The summed E-state index contributed by atoms with van der Waals surface area (Å²) in [7, 11) is 0. The molecule has 0 radical (unpaired) electrons. The van der Waals surface area contributed by atoms with Gasteiger partial charge in [-0.2, -0.15) is 87.8 Å². The van der Waals surface area contributed by atoms with Gasteiger partial charge in [0.1, 0.15) is 6.61 Å². The number of rotatable bonds is 14. The summed E-state index contributed by atoms with van der Waals surface area (Å²) in [4.78, 5) is 0. The van der Waals surface area contributed by atoms with E-state index in [0.29, 0.717) is 0 Å². The molecule has 0 bridgehead atoms. The zero-order valence-corrected chi connectivity index (χ0v) is 18.7. The lowest BCUT2D eigenvalue weighted by Gasteiger charge is -2.43. The Morgan fingerprint density at radius 2 is 0.875 bits per heavy atom. The summed E-state index contributed by atoms with van der Waals surface area (Å²) < 4.78 is 274. The molecule has 0 aromatic rings. The van der Waals surface area contributed by atoms with Crippen molar-refractivity contribution in [2.75, 3.05) is 39.6 Å². The third-order valence-corrected chi connectivity index (χ3v) is 5.25.